The summed E-state index contributed by atoms with van der Waals surface area (Å²) in [5.41, 5.74) is 6.20. The van der Waals surface area contributed by atoms with Crippen molar-refractivity contribution in [3.63, 3.8) is 0 Å². The van der Waals surface area contributed by atoms with E-state index in [4.69, 9.17) is 33.7 Å². The zero-order valence-corrected chi connectivity index (χ0v) is 12.6. The number of carbonyl (C=O) groups excluding carboxylic acids is 2. The highest BCUT2D eigenvalue weighted by molar-refractivity contribution is 6.43. The Morgan fingerprint density at radius 1 is 1.35 bits per heavy atom. The summed E-state index contributed by atoms with van der Waals surface area (Å²) in [6, 6.07) is 2.90. The fourth-order valence-electron chi connectivity index (χ4n) is 1.51. The number of esters is 1. The third-order valence-corrected chi connectivity index (χ3v) is 3.28. The summed E-state index contributed by atoms with van der Waals surface area (Å²) < 4.78 is 4.78. The normalized spacial score (nSPS) is 10.2. The molecule has 0 radical (unpaired) electrons. The van der Waals surface area contributed by atoms with Crippen LogP contribution in [-0.2, 0) is 9.53 Å². The summed E-state index contributed by atoms with van der Waals surface area (Å²) in [6.45, 7) is 2.46. The molecule has 1 rings (SSSR count). The molecular weight excluding hydrogens is 303 g/mol. The zero-order valence-electron chi connectivity index (χ0n) is 11.0. The molecule has 0 bridgehead atoms. The van der Waals surface area contributed by atoms with E-state index in [0.717, 1.165) is 0 Å². The lowest BCUT2D eigenvalue weighted by Crippen LogP contribution is -2.25. The van der Waals surface area contributed by atoms with Gasteiger partial charge in [-0.3, -0.25) is 9.59 Å². The quantitative estimate of drug-likeness (QED) is 0.480. The number of rotatable bonds is 6. The number of nitrogens with two attached hydrogens (primary N) is 1. The van der Waals surface area contributed by atoms with Crippen LogP contribution in [0.4, 0.5) is 5.69 Å². The van der Waals surface area contributed by atoms with Gasteiger partial charge in [0.05, 0.1) is 22.3 Å². The van der Waals surface area contributed by atoms with Crippen molar-refractivity contribution in [2.75, 3.05) is 18.9 Å². The molecule has 0 fully saturated rings. The van der Waals surface area contributed by atoms with Crippen LogP contribution in [0.15, 0.2) is 12.1 Å². The number of ether oxygens (including phenoxy) is 1. The average Bonchev–Trinajstić information content (AvgIpc) is 2.40. The van der Waals surface area contributed by atoms with Gasteiger partial charge in [0.25, 0.3) is 5.91 Å². The highest BCUT2D eigenvalue weighted by Gasteiger charge is 2.11. The SMILES string of the molecule is CCOC(=O)CCCNC(=O)c1cc(N)c(Cl)c(Cl)c1. The monoisotopic (exact) mass is 318 g/mol. The van der Waals surface area contributed by atoms with Gasteiger partial charge in [0.15, 0.2) is 0 Å². The van der Waals surface area contributed by atoms with Crippen molar-refractivity contribution in [2.45, 2.75) is 19.8 Å². The zero-order chi connectivity index (χ0) is 15.1. The van der Waals surface area contributed by atoms with Gasteiger partial charge < -0.3 is 15.8 Å². The topological polar surface area (TPSA) is 81.4 Å². The van der Waals surface area contributed by atoms with Gasteiger partial charge in [-0.1, -0.05) is 23.2 Å². The highest BCUT2D eigenvalue weighted by Crippen LogP contribution is 2.29. The first-order chi connectivity index (χ1) is 9.45. The predicted molar refractivity (Wildman–Crippen MR) is 79.1 cm³/mol. The fourth-order valence-corrected chi connectivity index (χ4v) is 1.85. The summed E-state index contributed by atoms with van der Waals surface area (Å²) in [6.07, 6.45) is 0.763. The van der Waals surface area contributed by atoms with Crippen molar-refractivity contribution in [2.24, 2.45) is 0 Å². The van der Waals surface area contributed by atoms with Crippen LogP contribution in [-0.4, -0.2) is 25.0 Å². The van der Waals surface area contributed by atoms with Crippen LogP contribution < -0.4 is 11.1 Å². The van der Waals surface area contributed by atoms with Crippen molar-refractivity contribution in [1.82, 2.24) is 5.32 Å². The molecular formula is C13H16Cl2N2O3. The Bertz CT molecular complexity index is 483. The van der Waals surface area contributed by atoms with E-state index >= 15 is 0 Å². The van der Waals surface area contributed by atoms with Gasteiger partial charge in [0.2, 0.25) is 0 Å². The molecule has 110 valence electrons. The molecule has 0 atom stereocenters. The van der Waals surface area contributed by atoms with E-state index in [9.17, 15) is 9.59 Å². The lowest BCUT2D eigenvalue weighted by atomic mass is 10.2. The van der Waals surface area contributed by atoms with Gasteiger partial charge >= 0.3 is 5.97 Å². The molecule has 3 N–H and O–H groups in total. The molecule has 0 saturated heterocycles. The van der Waals surface area contributed by atoms with Crippen molar-refractivity contribution >= 4 is 40.8 Å². The molecule has 0 saturated carbocycles. The second-order valence-electron chi connectivity index (χ2n) is 4.03. The van der Waals surface area contributed by atoms with Gasteiger partial charge in [0.1, 0.15) is 0 Å². The van der Waals surface area contributed by atoms with Crippen LogP contribution >= 0.6 is 23.2 Å². The molecule has 5 nitrogen and oxygen atoms in total. The van der Waals surface area contributed by atoms with Gasteiger partial charge in [-0.05, 0) is 25.5 Å². The van der Waals surface area contributed by atoms with E-state index in [1.807, 2.05) is 0 Å². The maximum absolute atomic E-state index is 11.8. The van der Waals surface area contributed by atoms with E-state index in [1.165, 1.54) is 12.1 Å². The first kappa shape index (κ1) is 16.6. The van der Waals surface area contributed by atoms with Crippen LogP contribution in [0.5, 0.6) is 0 Å². The molecule has 1 aromatic rings. The van der Waals surface area contributed by atoms with Crippen LogP contribution in [0, 0.1) is 0 Å². The second-order valence-corrected chi connectivity index (χ2v) is 4.81. The standard InChI is InChI=1S/C13H16Cl2N2O3/c1-2-20-11(18)4-3-5-17-13(19)8-6-9(14)12(15)10(16)7-8/h6-7H,2-5,16H2,1H3,(H,17,19). The number of nitrogens with one attached hydrogen (secondary N) is 1. The number of benzene rings is 1. The van der Waals surface area contributed by atoms with Crippen molar-refractivity contribution < 1.29 is 14.3 Å². The minimum Gasteiger partial charge on any atom is -0.466 e. The minimum absolute atomic E-state index is 0.225. The Balaban J connectivity index is 2.46. The highest BCUT2D eigenvalue weighted by atomic mass is 35.5. The Kier molecular flexibility index (Phi) is 6.61. The first-order valence-corrected chi connectivity index (χ1v) is 6.89. The van der Waals surface area contributed by atoms with E-state index in [0.29, 0.717) is 25.1 Å². The Morgan fingerprint density at radius 2 is 2.05 bits per heavy atom. The lowest BCUT2D eigenvalue weighted by Gasteiger charge is -2.08. The van der Waals surface area contributed by atoms with Crippen molar-refractivity contribution in [3.8, 4) is 0 Å². The van der Waals surface area contributed by atoms with E-state index < -0.39 is 0 Å². The molecule has 0 aliphatic carbocycles. The molecule has 0 spiro atoms. The second kappa shape index (κ2) is 7.97. The molecule has 0 unspecified atom stereocenters. The number of carbonyl (C=O) groups is 2. The number of anilines is 1. The van der Waals surface area contributed by atoms with Crippen LogP contribution in [0.2, 0.25) is 10.0 Å². The number of amides is 1. The van der Waals surface area contributed by atoms with Gasteiger partial charge in [-0.2, -0.15) is 0 Å². The molecule has 0 heterocycles. The summed E-state index contributed by atoms with van der Waals surface area (Å²) in [7, 11) is 0. The Hall–Kier alpha value is -1.46. The van der Waals surface area contributed by atoms with E-state index in [2.05, 4.69) is 5.32 Å². The number of nitrogen functional groups attached to an aromatic ring is 1. The lowest BCUT2D eigenvalue weighted by molar-refractivity contribution is -0.143. The van der Waals surface area contributed by atoms with E-state index in [-0.39, 0.29) is 34.0 Å². The Morgan fingerprint density at radius 3 is 2.65 bits per heavy atom. The maximum Gasteiger partial charge on any atom is 0.305 e. The van der Waals surface area contributed by atoms with Crippen LogP contribution in [0.1, 0.15) is 30.1 Å². The molecule has 0 aliphatic heterocycles. The number of halogens is 2. The fraction of sp³-hybridized carbons (Fsp3) is 0.385. The smallest absolute Gasteiger partial charge is 0.305 e. The average molecular weight is 319 g/mol. The summed E-state index contributed by atoms with van der Waals surface area (Å²) in [5, 5.41) is 3.12. The third kappa shape index (κ3) is 4.90. The summed E-state index contributed by atoms with van der Waals surface area (Å²) in [4.78, 5) is 22.9. The summed E-state index contributed by atoms with van der Waals surface area (Å²) >= 11 is 11.7. The molecule has 7 heteroatoms. The molecule has 0 aromatic heterocycles. The van der Waals surface area contributed by atoms with Crippen molar-refractivity contribution in [3.05, 3.63) is 27.7 Å². The van der Waals surface area contributed by atoms with Gasteiger partial charge in [-0.25, -0.2) is 0 Å². The third-order valence-electron chi connectivity index (χ3n) is 2.47. The van der Waals surface area contributed by atoms with E-state index in [1.54, 1.807) is 6.92 Å². The number of hydrogen-bond acceptors (Lipinski definition) is 4. The van der Waals surface area contributed by atoms with Gasteiger partial charge in [0, 0.05) is 18.5 Å². The van der Waals surface area contributed by atoms with Crippen molar-refractivity contribution in [1.29, 1.82) is 0 Å². The molecule has 1 aromatic carbocycles. The molecule has 1 amide bonds. The maximum atomic E-state index is 11.8. The van der Waals surface area contributed by atoms with Crippen LogP contribution in [0.25, 0.3) is 0 Å². The molecule has 0 aliphatic rings. The Labute approximate surface area is 127 Å². The van der Waals surface area contributed by atoms with Gasteiger partial charge in [-0.15, -0.1) is 0 Å². The molecule has 20 heavy (non-hydrogen) atoms. The largest absolute Gasteiger partial charge is 0.466 e. The summed E-state index contributed by atoms with van der Waals surface area (Å²) in [5.74, 6) is -0.598. The minimum atomic E-state index is -0.320. The van der Waals surface area contributed by atoms with Crippen LogP contribution in [0.3, 0.4) is 0 Å². The predicted octanol–water partition coefficient (Wildman–Crippen LogP) is 2.65. The first-order valence-electron chi connectivity index (χ1n) is 6.14. The number of hydrogen-bond donors (Lipinski definition) is 2.